The molecule has 1 aliphatic heterocycles. The molecule has 44 valence electrons. The molecule has 0 saturated carbocycles. The van der Waals surface area contributed by atoms with E-state index in [0.717, 1.165) is 0 Å². The van der Waals surface area contributed by atoms with E-state index < -0.39 is 9.23 Å². The van der Waals surface area contributed by atoms with Crippen LogP contribution in [0.25, 0.3) is 0 Å². The first-order valence-electron chi connectivity index (χ1n) is 2.39. The Morgan fingerprint density at radius 3 is 1.57 bits per heavy atom. The predicted molar refractivity (Wildman–Crippen MR) is 42.5 cm³/mol. The first kappa shape index (κ1) is 6.60. The number of halogens is 2. The normalized spacial score (nSPS) is 32.9. The molecule has 0 atom stereocenters. The molecule has 0 spiro atoms. The van der Waals surface area contributed by atoms with Crippen molar-refractivity contribution in [2.24, 2.45) is 0 Å². The van der Waals surface area contributed by atoms with Gasteiger partial charge in [0.15, 0.2) is 0 Å². The van der Waals surface area contributed by atoms with Crippen molar-refractivity contribution in [2.75, 3.05) is 0 Å². The van der Waals surface area contributed by atoms with Crippen LogP contribution in [-0.2, 0) is 0 Å². The van der Waals surface area contributed by atoms with Crippen molar-refractivity contribution in [2.45, 2.75) is 23.5 Å². The third-order valence-corrected chi connectivity index (χ3v) is 11.6. The second kappa shape index (κ2) is 2.38. The summed E-state index contributed by atoms with van der Waals surface area (Å²) < 4.78 is 0. The number of rotatable bonds is 0. The Bertz CT molecular complexity index is 64.1. The minimum atomic E-state index is -1.07. The minimum absolute atomic E-state index is 1.07. The van der Waals surface area contributed by atoms with E-state index in [0.29, 0.717) is 0 Å². The third-order valence-electron chi connectivity index (χ3n) is 1.14. The summed E-state index contributed by atoms with van der Waals surface area (Å²) in [5.41, 5.74) is 0. The summed E-state index contributed by atoms with van der Waals surface area (Å²) >= 11 is 7.43. The van der Waals surface area contributed by atoms with Gasteiger partial charge >= 0.3 is 60.9 Å². The van der Waals surface area contributed by atoms with E-state index >= 15 is 0 Å². The van der Waals surface area contributed by atoms with Gasteiger partial charge in [0, 0.05) is 0 Å². The second-order valence-electron chi connectivity index (χ2n) is 1.81. The van der Waals surface area contributed by atoms with Gasteiger partial charge in [-0.2, -0.15) is 0 Å². The van der Waals surface area contributed by atoms with Gasteiger partial charge in [0.1, 0.15) is 0 Å². The topological polar surface area (TPSA) is 0 Å². The van der Waals surface area contributed by atoms with Crippen LogP contribution in [0.1, 0.15) is 12.8 Å². The fourth-order valence-electron chi connectivity index (χ4n) is 0.729. The van der Waals surface area contributed by atoms with Gasteiger partial charge in [-0.15, -0.1) is 0 Å². The van der Waals surface area contributed by atoms with E-state index in [1.807, 2.05) is 0 Å². The van der Waals surface area contributed by atoms with E-state index in [1.54, 1.807) is 0 Å². The monoisotopic (exact) mass is 294 g/mol. The Hall–Kier alpha value is 1.48. The van der Waals surface area contributed by atoms with Crippen molar-refractivity contribution < 1.29 is 0 Å². The number of hydrogen-bond acceptors (Lipinski definition) is 0. The molecule has 0 aliphatic carbocycles. The summed E-state index contributed by atoms with van der Waals surface area (Å²) in [5.74, 6) is 0. The van der Waals surface area contributed by atoms with Gasteiger partial charge in [0.05, 0.1) is 0 Å². The molecule has 1 saturated heterocycles. The third kappa shape index (κ3) is 2.04. The van der Waals surface area contributed by atoms with Crippen LogP contribution in [0, 0.1) is 0 Å². The van der Waals surface area contributed by atoms with E-state index in [4.69, 9.17) is 0 Å². The fourth-order valence-corrected chi connectivity index (χ4v) is 8.54. The first-order chi connectivity index (χ1) is 3.21. The van der Waals surface area contributed by atoms with Crippen LogP contribution < -0.4 is 0 Å². The zero-order valence-electron chi connectivity index (χ0n) is 3.99. The Kier molecular flexibility index (Phi) is 2.25. The molecule has 0 nitrogen and oxygen atoms in total. The van der Waals surface area contributed by atoms with Gasteiger partial charge in [-0.3, -0.25) is 0 Å². The van der Waals surface area contributed by atoms with Gasteiger partial charge in [0.2, 0.25) is 0 Å². The molecule has 0 bridgehead atoms. The fraction of sp³-hybridized carbons (Fsp3) is 1.00. The van der Waals surface area contributed by atoms with E-state index in [-0.39, 0.29) is 0 Å². The molecule has 7 heavy (non-hydrogen) atoms. The van der Waals surface area contributed by atoms with Gasteiger partial charge in [-0.05, 0) is 0 Å². The molecule has 0 unspecified atom stereocenters. The summed E-state index contributed by atoms with van der Waals surface area (Å²) in [4.78, 5) is 0. The molecular formula is C4H8Br2Se. The van der Waals surface area contributed by atoms with Crippen LogP contribution in [0.5, 0.6) is 0 Å². The standard InChI is InChI=1S/C4H8Br2Se/c5-7(6)3-1-2-4-7/h1-4H2. The Balaban J connectivity index is 2.40. The average Bonchev–Trinajstić information content (AvgIpc) is 1.84. The van der Waals surface area contributed by atoms with Crippen molar-refractivity contribution in [3.8, 4) is 0 Å². The molecule has 0 radical (unpaired) electrons. The van der Waals surface area contributed by atoms with Crippen LogP contribution in [0.2, 0.25) is 10.6 Å². The van der Waals surface area contributed by atoms with Crippen molar-refractivity contribution in [1.29, 1.82) is 0 Å². The molecular weight excluding hydrogens is 287 g/mol. The Morgan fingerprint density at radius 2 is 1.43 bits per heavy atom. The quantitative estimate of drug-likeness (QED) is 0.603. The van der Waals surface area contributed by atoms with Crippen molar-refractivity contribution in [3.05, 3.63) is 0 Å². The van der Waals surface area contributed by atoms with Gasteiger partial charge in [-0.1, -0.05) is 0 Å². The molecule has 0 N–H and O–H groups in total. The summed E-state index contributed by atoms with van der Waals surface area (Å²) in [5, 5.41) is 2.88. The van der Waals surface area contributed by atoms with E-state index in [9.17, 15) is 0 Å². The predicted octanol–water partition coefficient (Wildman–Crippen LogP) is 3.01. The molecule has 3 heteroatoms. The zero-order valence-corrected chi connectivity index (χ0v) is 8.88. The summed E-state index contributed by atoms with van der Waals surface area (Å²) in [6.45, 7) is 0. The molecule has 1 aliphatic rings. The summed E-state index contributed by atoms with van der Waals surface area (Å²) in [7, 11) is -1.07. The SMILES string of the molecule is Br[Se]1(Br)CCCC1. The van der Waals surface area contributed by atoms with Crippen molar-refractivity contribution >= 4 is 37.4 Å². The van der Waals surface area contributed by atoms with Crippen LogP contribution in [0.3, 0.4) is 0 Å². The maximum absolute atomic E-state index is 3.72. The van der Waals surface area contributed by atoms with Crippen LogP contribution in [0.15, 0.2) is 0 Å². The van der Waals surface area contributed by atoms with Crippen LogP contribution in [0.4, 0.5) is 0 Å². The molecule has 0 amide bonds. The first-order valence-corrected chi connectivity index (χ1v) is 12.8. The van der Waals surface area contributed by atoms with E-state index in [2.05, 4.69) is 28.2 Å². The molecule has 1 rings (SSSR count). The maximum atomic E-state index is 3.72. The summed E-state index contributed by atoms with van der Waals surface area (Å²) in [6, 6.07) is 0. The molecule has 1 heterocycles. The average molecular weight is 295 g/mol. The second-order valence-corrected chi connectivity index (χ2v) is 23.9. The van der Waals surface area contributed by atoms with Gasteiger partial charge < -0.3 is 0 Å². The molecule has 0 aromatic heterocycles. The molecule has 0 aromatic carbocycles. The van der Waals surface area contributed by atoms with E-state index in [1.165, 1.54) is 23.5 Å². The van der Waals surface area contributed by atoms with Crippen LogP contribution >= 0.6 is 28.2 Å². The Labute approximate surface area is 60.7 Å². The van der Waals surface area contributed by atoms with Crippen molar-refractivity contribution in [1.82, 2.24) is 0 Å². The van der Waals surface area contributed by atoms with Gasteiger partial charge in [0.25, 0.3) is 0 Å². The summed E-state index contributed by atoms with van der Waals surface area (Å²) in [6.07, 6.45) is 2.88. The molecule has 1 fully saturated rings. The zero-order chi connectivity index (χ0) is 5.33. The number of hydrogen-bond donors (Lipinski definition) is 0. The molecule has 0 aromatic rings. The van der Waals surface area contributed by atoms with Gasteiger partial charge in [-0.25, -0.2) is 0 Å². The Morgan fingerprint density at radius 1 is 1.00 bits per heavy atom. The van der Waals surface area contributed by atoms with Crippen LogP contribution in [-0.4, -0.2) is 9.23 Å². The van der Waals surface area contributed by atoms with Crippen molar-refractivity contribution in [3.63, 3.8) is 0 Å².